The number of carbonyl (C=O) groups excluding carboxylic acids is 2. The smallest absolute Gasteiger partial charge is 0.246 e. The number of hydrogen-bond acceptors (Lipinski definition) is 4. The van der Waals surface area contributed by atoms with Gasteiger partial charge in [-0.25, -0.2) is 17.2 Å². The molecular formula is C23H23F2N3O4S. The van der Waals surface area contributed by atoms with Crippen LogP contribution in [0.25, 0.3) is 6.08 Å². The van der Waals surface area contributed by atoms with Crippen LogP contribution in [-0.4, -0.2) is 60.5 Å². The molecule has 1 saturated heterocycles. The van der Waals surface area contributed by atoms with E-state index in [1.807, 2.05) is 30.3 Å². The lowest BCUT2D eigenvalue weighted by Crippen LogP contribution is -2.51. The van der Waals surface area contributed by atoms with Crippen LogP contribution in [0.2, 0.25) is 0 Å². The Balaban J connectivity index is 1.46. The molecule has 0 radical (unpaired) electrons. The zero-order valence-corrected chi connectivity index (χ0v) is 18.8. The molecule has 2 aliphatic heterocycles. The van der Waals surface area contributed by atoms with E-state index in [1.54, 1.807) is 6.20 Å². The molecule has 174 valence electrons. The standard InChI is InChI=1S/C23H23F2N3O4S/c1-16(29)28-9-8-17-4-2-3-5-19(17)21(28)15-23(30)26-10-12-27(13-11-26)33(31,32)22-14-18(24)6-7-20(22)25/h2-9,14,21H,10-13,15H2,1H3/t21-/m0/s1. The van der Waals surface area contributed by atoms with Gasteiger partial charge >= 0.3 is 0 Å². The highest BCUT2D eigenvalue weighted by Gasteiger charge is 2.34. The first-order valence-electron chi connectivity index (χ1n) is 10.5. The topological polar surface area (TPSA) is 78.0 Å². The third-order valence-electron chi connectivity index (χ3n) is 5.94. The molecule has 1 atom stereocenters. The first-order valence-corrected chi connectivity index (χ1v) is 11.9. The summed E-state index contributed by atoms with van der Waals surface area (Å²) in [5, 5.41) is 0. The van der Waals surface area contributed by atoms with Crippen LogP contribution in [0.1, 0.15) is 30.5 Å². The van der Waals surface area contributed by atoms with Crippen molar-refractivity contribution < 1.29 is 26.8 Å². The maximum absolute atomic E-state index is 14.0. The highest BCUT2D eigenvalue weighted by Crippen LogP contribution is 2.33. The average molecular weight is 476 g/mol. The van der Waals surface area contributed by atoms with Gasteiger partial charge in [0.1, 0.15) is 16.5 Å². The summed E-state index contributed by atoms with van der Waals surface area (Å²) in [6, 6.07) is 9.36. The Morgan fingerprint density at radius 2 is 1.73 bits per heavy atom. The molecule has 2 aromatic carbocycles. The second-order valence-corrected chi connectivity index (χ2v) is 9.86. The van der Waals surface area contributed by atoms with Crippen molar-refractivity contribution in [3.63, 3.8) is 0 Å². The fraction of sp³-hybridized carbons (Fsp3) is 0.304. The fourth-order valence-electron chi connectivity index (χ4n) is 4.20. The molecule has 0 unspecified atom stereocenters. The SMILES string of the molecule is CC(=O)N1C=Cc2ccccc2[C@@H]1CC(=O)N1CCN(S(=O)(=O)c2cc(F)ccc2F)CC1. The number of piperazine rings is 1. The molecule has 1 fully saturated rings. The lowest BCUT2D eigenvalue weighted by molar-refractivity contribution is -0.135. The van der Waals surface area contributed by atoms with E-state index in [-0.39, 0.29) is 44.4 Å². The van der Waals surface area contributed by atoms with Gasteiger partial charge in [0.2, 0.25) is 21.8 Å². The van der Waals surface area contributed by atoms with Crippen LogP contribution in [-0.2, 0) is 19.6 Å². The molecule has 2 aromatic rings. The number of rotatable bonds is 4. The maximum atomic E-state index is 14.0. The molecule has 10 heteroatoms. The van der Waals surface area contributed by atoms with Crippen molar-refractivity contribution in [2.24, 2.45) is 0 Å². The molecule has 0 bridgehead atoms. The lowest BCUT2D eigenvalue weighted by Gasteiger charge is -2.37. The van der Waals surface area contributed by atoms with E-state index in [0.717, 1.165) is 27.6 Å². The predicted octanol–water partition coefficient (Wildman–Crippen LogP) is 2.76. The Morgan fingerprint density at radius 1 is 1.03 bits per heavy atom. The van der Waals surface area contributed by atoms with Crippen LogP contribution in [0.15, 0.2) is 53.6 Å². The van der Waals surface area contributed by atoms with Crippen molar-refractivity contribution in [1.29, 1.82) is 0 Å². The number of nitrogens with zero attached hydrogens (tertiary/aromatic N) is 3. The van der Waals surface area contributed by atoms with Crippen LogP contribution in [0.4, 0.5) is 8.78 Å². The molecule has 2 aliphatic rings. The first-order chi connectivity index (χ1) is 15.7. The number of benzene rings is 2. The summed E-state index contributed by atoms with van der Waals surface area (Å²) in [5.41, 5.74) is 1.80. The normalized spacial score (nSPS) is 18.8. The van der Waals surface area contributed by atoms with Gasteiger partial charge in [0.05, 0.1) is 12.5 Å². The van der Waals surface area contributed by atoms with Gasteiger partial charge in [-0.1, -0.05) is 24.3 Å². The minimum absolute atomic E-state index is 0.0401. The quantitative estimate of drug-likeness (QED) is 0.682. The highest BCUT2D eigenvalue weighted by molar-refractivity contribution is 7.89. The molecule has 33 heavy (non-hydrogen) atoms. The van der Waals surface area contributed by atoms with E-state index in [1.165, 1.54) is 16.7 Å². The molecule has 0 N–H and O–H groups in total. The molecule has 2 amide bonds. The van der Waals surface area contributed by atoms with E-state index in [9.17, 15) is 26.8 Å². The van der Waals surface area contributed by atoms with Crippen molar-refractivity contribution in [3.8, 4) is 0 Å². The Morgan fingerprint density at radius 3 is 2.42 bits per heavy atom. The molecule has 7 nitrogen and oxygen atoms in total. The third kappa shape index (κ3) is 4.53. The van der Waals surface area contributed by atoms with Crippen molar-refractivity contribution in [3.05, 3.63) is 71.4 Å². The number of hydrogen-bond donors (Lipinski definition) is 0. The van der Waals surface area contributed by atoms with Crippen LogP contribution in [0, 0.1) is 11.6 Å². The lowest BCUT2D eigenvalue weighted by atomic mass is 9.93. The maximum Gasteiger partial charge on any atom is 0.246 e. The molecule has 0 aromatic heterocycles. The Bertz CT molecular complexity index is 1220. The molecule has 4 rings (SSSR count). The van der Waals surface area contributed by atoms with Gasteiger partial charge in [0.15, 0.2) is 0 Å². The number of halogens is 2. The van der Waals surface area contributed by atoms with Crippen LogP contribution < -0.4 is 0 Å². The van der Waals surface area contributed by atoms with Crippen molar-refractivity contribution in [1.82, 2.24) is 14.1 Å². The zero-order chi connectivity index (χ0) is 23.8. The summed E-state index contributed by atoms with van der Waals surface area (Å²) in [6.07, 6.45) is 3.54. The average Bonchev–Trinajstić information content (AvgIpc) is 2.80. The van der Waals surface area contributed by atoms with E-state index in [4.69, 9.17) is 0 Å². The predicted molar refractivity (Wildman–Crippen MR) is 117 cm³/mol. The highest BCUT2D eigenvalue weighted by atomic mass is 32.2. The zero-order valence-electron chi connectivity index (χ0n) is 17.9. The first kappa shape index (κ1) is 23.1. The van der Waals surface area contributed by atoms with Crippen LogP contribution in [0.5, 0.6) is 0 Å². The second kappa shape index (κ2) is 9.03. The van der Waals surface area contributed by atoms with E-state index < -0.39 is 32.6 Å². The van der Waals surface area contributed by atoms with Gasteiger partial charge < -0.3 is 9.80 Å². The summed E-state index contributed by atoms with van der Waals surface area (Å²) >= 11 is 0. The van der Waals surface area contributed by atoms with E-state index >= 15 is 0 Å². The van der Waals surface area contributed by atoms with Crippen LogP contribution >= 0.6 is 0 Å². The van der Waals surface area contributed by atoms with Gasteiger partial charge in [-0.05, 0) is 35.4 Å². The number of sulfonamides is 1. The van der Waals surface area contributed by atoms with Gasteiger partial charge in [-0.15, -0.1) is 0 Å². The van der Waals surface area contributed by atoms with Gasteiger partial charge in [0.25, 0.3) is 0 Å². The molecule has 0 aliphatic carbocycles. The largest absolute Gasteiger partial charge is 0.340 e. The Hall–Kier alpha value is -3.11. The van der Waals surface area contributed by atoms with Crippen molar-refractivity contribution in [2.45, 2.75) is 24.3 Å². The molecular weight excluding hydrogens is 452 g/mol. The Kier molecular flexibility index (Phi) is 6.31. The third-order valence-corrected chi connectivity index (χ3v) is 7.85. The summed E-state index contributed by atoms with van der Waals surface area (Å²) in [7, 11) is -4.23. The van der Waals surface area contributed by atoms with E-state index in [2.05, 4.69) is 0 Å². The minimum atomic E-state index is -4.23. The monoisotopic (exact) mass is 475 g/mol. The molecule has 2 heterocycles. The van der Waals surface area contributed by atoms with E-state index in [0.29, 0.717) is 6.07 Å². The van der Waals surface area contributed by atoms with Gasteiger partial charge in [-0.3, -0.25) is 9.59 Å². The summed E-state index contributed by atoms with van der Waals surface area (Å²) in [4.78, 5) is 27.5. The van der Waals surface area contributed by atoms with Crippen molar-refractivity contribution >= 4 is 27.9 Å². The van der Waals surface area contributed by atoms with Gasteiger partial charge in [0, 0.05) is 39.3 Å². The summed E-state index contributed by atoms with van der Waals surface area (Å²) in [6.45, 7) is 1.58. The number of fused-ring (bicyclic) bond motifs is 1. The number of amides is 2. The van der Waals surface area contributed by atoms with Gasteiger partial charge in [-0.2, -0.15) is 4.31 Å². The number of carbonyl (C=O) groups is 2. The molecule has 0 saturated carbocycles. The Labute approximate surface area is 190 Å². The van der Waals surface area contributed by atoms with Crippen LogP contribution in [0.3, 0.4) is 0 Å². The summed E-state index contributed by atoms with van der Waals surface area (Å²) < 4.78 is 54.1. The fourth-order valence-corrected chi connectivity index (χ4v) is 5.70. The van der Waals surface area contributed by atoms with Crippen molar-refractivity contribution in [2.75, 3.05) is 26.2 Å². The molecule has 0 spiro atoms. The second-order valence-electron chi connectivity index (χ2n) is 7.95. The minimum Gasteiger partial charge on any atom is -0.340 e. The summed E-state index contributed by atoms with van der Waals surface area (Å²) in [5.74, 6) is -2.28.